The molecule has 0 aliphatic rings. The molecule has 0 saturated heterocycles. The van der Waals surface area contributed by atoms with Crippen molar-refractivity contribution < 1.29 is 13.5 Å². The molecule has 0 spiro atoms. The van der Waals surface area contributed by atoms with Crippen LogP contribution < -0.4 is 10.5 Å². The average molecular weight is 328 g/mol. The lowest BCUT2D eigenvalue weighted by Gasteiger charge is -2.13. The van der Waals surface area contributed by atoms with Gasteiger partial charge in [0.2, 0.25) is 5.82 Å². The molecule has 0 amide bonds. The van der Waals surface area contributed by atoms with E-state index in [4.69, 9.17) is 10.5 Å². The Balaban J connectivity index is 2.47. The molecule has 0 heterocycles. The molecule has 100 valence electrons. The minimum Gasteiger partial charge on any atom is -0.454 e. The quantitative estimate of drug-likeness (QED) is 0.853. The first-order valence-electron chi connectivity index (χ1n) is 5.64. The Morgan fingerprint density at radius 3 is 2.68 bits per heavy atom. The molecule has 0 aromatic heterocycles. The Kier molecular flexibility index (Phi) is 4.17. The van der Waals surface area contributed by atoms with Gasteiger partial charge < -0.3 is 10.5 Å². The zero-order chi connectivity index (χ0) is 14.0. The number of hydrogen-bond donors (Lipinski definition) is 1. The first-order chi connectivity index (χ1) is 9.02. The molecule has 2 N–H and O–H groups in total. The van der Waals surface area contributed by atoms with Gasteiger partial charge in [-0.25, -0.2) is 4.39 Å². The van der Waals surface area contributed by atoms with Crippen molar-refractivity contribution in [2.24, 2.45) is 5.73 Å². The molecule has 0 radical (unpaired) electrons. The number of aryl methyl sites for hydroxylation is 1. The van der Waals surface area contributed by atoms with Crippen LogP contribution in [0.3, 0.4) is 0 Å². The molecule has 2 aromatic rings. The lowest BCUT2D eigenvalue weighted by Crippen LogP contribution is -2.02. The van der Waals surface area contributed by atoms with Gasteiger partial charge in [0.25, 0.3) is 0 Å². The van der Waals surface area contributed by atoms with Gasteiger partial charge >= 0.3 is 0 Å². The van der Waals surface area contributed by atoms with Crippen LogP contribution >= 0.6 is 15.9 Å². The van der Waals surface area contributed by atoms with Gasteiger partial charge in [-0.3, -0.25) is 0 Å². The summed E-state index contributed by atoms with van der Waals surface area (Å²) in [6.45, 7) is 2.08. The van der Waals surface area contributed by atoms with E-state index in [0.29, 0.717) is 10.2 Å². The van der Waals surface area contributed by atoms with Crippen LogP contribution in [0.1, 0.15) is 11.1 Å². The van der Waals surface area contributed by atoms with E-state index in [1.165, 1.54) is 6.07 Å². The van der Waals surface area contributed by atoms with E-state index in [-0.39, 0.29) is 12.3 Å². The maximum Gasteiger partial charge on any atom is 0.201 e. The number of rotatable bonds is 3. The van der Waals surface area contributed by atoms with Crippen LogP contribution in [0, 0.1) is 18.6 Å². The van der Waals surface area contributed by atoms with Crippen molar-refractivity contribution in [2.75, 3.05) is 0 Å². The highest BCUT2D eigenvalue weighted by molar-refractivity contribution is 9.10. The summed E-state index contributed by atoms with van der Waals surface area (Å²) < 4.78 is 32.9. The predicted octanol–water partition coefficient (Wildman–Crippen LogP) is 4.29. The van der Waals surface area contributed by atoms with Crippen molar-refractivity contribution in [3.05, 3.63) is 57.6 Å². The van der Waals surface area contributed by atoms with E-state index in [2.05, 4.69) is 15.9 Å². The summed E-state index contributed by atoms with van der Waals surface area (Å²) in [6.07, 6.45) is 0. The third-order valence-corrected chi connectivity index (χ3v) is 3.14. The monoisotopic (exact) mass is 327 g/mol. The Labute approximate surface area is 118 Å². The van der Waals surface area contributed by atoms with Crippen molar-refractivity contribution >= 4 is 15.9 Å². The summed E-state index contributed by atoms with van der Waals surface area (Å²) in [5, 5.41) is 0. The van der Waals surface area contributed by atoms with Crippen LogP contribution in [-0.4, -0.2) is 0 Å². The van der Waals surface area contributed by atoms with E-state index in [0.717, 1.165) is 17.2 Å². The zero-order valence-corrected chi connectivity index (χ0v) is 11.8. The van der Waals surface area contributed by atoms with E-state index < -0.39 is 11.6 Å². The molecule has 0 saturated carbocycles. The normalized spacial score (nSPS) is 10.6. The third kappa shape index (κ3) is 2.93. The van der Waals surface area contributed by atoms with Gasteiger partial charge in [0, 0.05) is 16.6 Å². The average Bonchev–Trinajstić information content (AvgIpc) is 2.37. The molecule has 0 atom stereocenters. The number of ether oxygens (including phenoxy) is 1. The summed E-state index contributed by atoms with van der Waals surface area (Å²) in [5.41, 5.74) is 7.16. The van der Waals surface area contributed by atoms with Gasteiger partial charge in [-0.2, -0.15) is 4.39 Å². The lowest BCUT2D eigenvalue weighted by molar-refractivity contribution is 0.410. The second-order valence-electron chi connectivity index (χ2n) is 4.07. The standard InChI is InChI=1S/C14H12BrF2NO/c1-8-3-2-4-9(7-18)14(8)19-12-6-10(15)5-11(16)13(12)17/h2-6H,7,18H2,1H3. The maximum atomic E-state index is 13.7. The van der Waals surface area contributed by atoms with Crippen molar-refractivity contribution in [3.8, 4) is 11.5 Å². The third-order valence-electron chi connectivity index (χ3n) is 2.68. The first-order valence-corrected chi connectivity index (χ1v) is 6.43. The second-order valence-corrected chi connectivity index (χ2v) is 4.98. The van der Waals surface area contributed by atoms with Gasteiger partial charge in [0.1, 0.15) is 5.75 Å². The molecule has 0 bridgehead atoms. The van der Waals surface area contributed by atoms with E-state index >= 15 is 0 Å². The SMILES string of the molecule is Cc1cccc(CN)c1Oc1cc(Br)cc(F)c1F. The smallest absolute Gasteiger partial charge is 0.201 e. The van der Waals surface area contributed by atoms with Gasteiger partial charge in [-0.1, -0.05) is 34.1 Å². The largest absolute Gasteiger partial charge is 0.454 e. The number of nitrogens with two attached hydrogens (primary N) is 1. The lowest BCUT2D eigenvalue weighted by atomic mass is 10.1. The van der Waals surface area contributed by atoms with Gasteiger partial charge in [0.15, 0.2) is 11.6 Å². The van der Waals surface area contributed by atoms with Crippen LogP contribution in [0.4, 0.5) is 8.78 Å². The van der Waals surface area contributed by atoms with Crippen molar-refractivity contribution in [1.82, 2.24) is 0 Å². The van der Waals surface area contributed by atoms with Crippen LogP contribution in [-0.2, 0) is 6.54 Å². The highest BCUT2D eigenvalue weighted by Crippen LogP contribution is 2.33. The zero-order valence-electron chi connectivity index (χ0n) is 10.2. The minimum absolute atomic E-state index is 0.170. The molecule has 2 aromatic carbocycles. The van der Waals surface area contributed by atoms with E-state index in [1.54, 1.807) is 6.07 Å². The summed E-state index contributed by atoms with van der Waals surface area (Å²) in [5.74, 6) is -1.70. The fourth-order valence-corrected chi connectivity index (χ4v) is 2.15. The van der Waals surface area contributed by atoms with E-state index in [9.17, 15) is 8.78 Å². The van der Waals surface area contributed by atoms with Crippen molar-refractivity contribution in [1.29, 1.82) is 0 Å². The van der Waals surface area contributed by atoms with Crippen LogP contribution in [0.2, 0.25) is 0 Å². The molecule has 5 heteroatoms. The number of benzene rings is 2. The van der Waals surface area contributed by atoms with Gasteiger partial charge in [-0.05, 0) is 24.6 Å². The van der Waals surface area contributed by atoms with Crippen LogP contribution in [0.5, 0.6) is 11.5 Å². The Morgan fingerprint density at radius 2 is 2.00 bits per heavy atom. The molecule has 0 unspecified atom stereocenters. The molecule has 0 aliphatic heterocycles. The summed E-state index contributed by atoms with van der Waals surface area (Å²) in [6, 6.07) is 7.87. The topological polar surface area (TPSA) is 35.2 Å². The summed E-state index contributed by atoms with van der Waals surface area (Å²) >= 11 is 3.10. The van der Waals surface area contributed by atoms with Crippen LogP contribution in [0.15, 0.2) is 34.8 Å². The Hall–Kier alpha value is -1.46. The molecular weight excluding hydrogens is 316 g/mol. The van der Waals surface area contributed by atoms with Gasteiger partial charge in [-0.15, -0.1) is 0 Å². The number of hydrogen-bond acceptors (Lipinski definition) is 2. The first kappa shape index (κ1) is 14.0. The summed E-state index contributed by atoms with van der Waals surface area (Å²) in [4.78, 5) is 0. The fourth-order valence-electron chi connectivity index (χ4n) is 1.74. The Bertz CT molecular complexity index is 617. The highest BCUT2D eigenvalue weighted by atomic mass is 79.9. The molecule has 2 nitrogen and oxygen atoms in total. The molecule has 0 fully saturated rings. The number of para-hydroxylation sites is 1. The maximum absolute atomic E-state index is 13.7. The molecule has 0 aliphatic carbocycles. The minimum atomic E-state index is -1.02. The van der Waals surface area contributed by atoms with Crippen molar-refractivity contribution in [2.45, 2.75) is 13.5 Å². The van der Waals surface area contributed by atoms with Crippen molar-refractivity contribution in [3.63, 3.8) is 0 Å². The number of halogens is 3. The molecular formula is C14H12BrF2NO. The predicted molar refractivity (Wildman–Crippen MR) is 73.2 cm³/mol. The highest BCUT2D eigenvalue weighted by Gasteiger charge is 2.14. The molecule has 19 heavy (non-hydrogen) atoms. The molecule has 2 rings (SSSR count). The fraction of sp³-hybridized carbons (Fsp3) is 0.143. The summed E-state index contributed by atoms with van der Waals surface area (Å²) in [7, 11) is 0. The van der Waals surface area contributed by atoms with Gasteiger partial charge in [0.05, 0.1) is 0 Å². The second kappa shape index (κ2) is 5.67. The van der Waals surface area contributed by atoms with Crippen LogP contribution in [0.25, 0.3) is 0 Å². The van der Waals surface area contributed by atoms with E-state index in [1.807, 2.05) is 19.1 Å². The Morgan fingerprint density at radius 1 is 1.26 bits per heavy atom.